The van der Waals surface area contributed by atoms with Crippen LogP contribution in [0.1, 0.15) is 33.1 Å². The van der Waals surface area contributed by atoms with E-state index in [-0.39, 0.29) is 23.2 Å². The van der Waals surface area contributed by atoms with Gasteiger partial charge in [-0.25, -0.2) is 4.39 Å². The number of piperazine rings is 1. The van der Waals surface area contributed by atoms with Crippen LogP contribution in [-0.2, 0) is 0 Å². The van der Waals surface area contributed by atoms with Crippen LogP contribution in [0.2, 0.25) is 5.02 Å². The van der Waals surface area contributed by atoms with Gasteiger partial charge >= 0.3 is 0 Å². The van der Waals surface area contributed by atoms with Gasteiger partial charge in [-0.15, -0.1) is 0 Å². The average Bonchev–Trinajstić information content (AvgIpc) is 2.79. The second-order valence-corrected chi connectivity index (χ2v) is 8.31. The third kappa shape index (κ3) is 4.25. The van der Waals surface area contributed by atoms with Gasteiger partial charge in [0.05, 0.1) is 22.9 Å². The first-order valence-electron chi connectivity index (χ1n) is 10.2. The number of benzene rings is 3. The molecule has 1 amide bonds. The van der Waals surface area contributed by atoms with Gasteiger partial charge in [0.1, 0.15) is 11.9 Å². The summed E-state index contributed by atoms with van der Waals surface area (Å²) in [6, 6.07) is 19.2. The average molecular weight is 449 g/mol. The van der Waals surface area contributed by atoms with Gasteiger partial charge in [-0.1, -0.05) is 29.8 Å². The Bertz CT molecular complexity index is 1210. The SMILES string of the molecule is Cc1ccc(N2CCN(C(=O)c3ccc(F)cc3N)C[C@H]2c2ccc(Cl)cc2)c(C#N)c1. The molecule has 3 aromatic carbocycles. The molecule has 0 bridgehead atoms. The molecule has 5 nitrogen and oxygen atoms in total. The second-order valence-electron chi connectivity index (χ2n) is 7.88. The van der Waals surface area contributed by atoms with E-state index in [0.717, 1.165) is 22.9 Å². The van der Waals surface area contributed by atoms with Crippen LogP contribution in [0.3, 0.4) is 0 Å². The zero-order valence-electron chi connectivity index (χ0n) is 17.6. The van der Waals surface area contributed by atoms with Crippen LogP contribution in [0, 0.1) is 24.1 Å². The maximum Gasteiger partial charge on any atom is 0.256 e. The summed E-state index contributed by atoms with van der Waals surface area (Å²) in [5, 5.41) is 10.3. The molecule has 0 unspecified atom stereocenters. The lowest BCUT2D eigenvalue weighted by Crippen LogP contribution is -2.51. The lowest BCUT2D eigenvalue weighted by Gasteiger charge is -2.43. The number of hydrogen-bond donors (Lipinski definition) is 1. The smallest absolute Gasteiger partial charge is 0.256 e. The first-order valence-corrected chi connectivity index (χ1v) is 10.6. The molecule has 1 atom stereocenters. The number of aryl methyl sites for hydroxylation is 1. The van der Waals surface area contributed by atoms with Crippen molar-refractivity contribution in [3.8, 4) is 6.07 Å². The molecule has 0 aromatic heterocycles. The summed E-state index contributed by atoms with van der Waals surface area (Å²) in [4.78, 5) is 17.1. The van der Waals surface area contributed by atoms with Crippen molar-refractivity contribution in [3.05, 3.63) is 93.8 Å². The van der Waals surface area contributed by atoms with Crippen molar-refractivity contribution < 1.29 is 9.18 Å². The maximum absolute atomic E-state index is 13.5. The second kappa shape index (κ2) is 8.89. The molecule has 0 saturated carbocycles. The quantitative estimate of drug-likeness (QED) is 0.575. The van der Waals surface area contributed by atoms with Crippen LogP contribution in [0.25, 0.3) is 0 Å². The number of halogens is 2. The Morgan fingerprint density at radius 1 is 1.12 bits per heavy atom. The van der Waals surface area contributed by atoms with Crippen molar-refractivity contribution in [3.63, 3.8) is 0 Å². The Kier molecular flexibility index (Phi) is 6.02. The third-order valence-corrected chi connectivity index (χ3v) is 6.00. The molecule has 1 heterocycles. The number of nitrogens with zero attached hydrogens (tertiary/aromatic N) is 3. The minimum absolute atomic E-state index is 0.116. The van der Waals surface area contributed by atoms with E-state index in [1.165, 1.54) is 12.1 Å². The topological polar surface area (TPSA) is 73.4 Å². The Balaban J connectivity index is 1.71. The number of amides is 1. The van der Waals surface area contributed by atoms with Crippen LogP contribution >= 0.6 is 11.6 Å². The van der Waals surface area contributed by atoms with E-state index in [1.54, 1.807) is 4.90 Å². The summed E-state index contributed by atoms with van der Waals surface area (Å²) in [5.41, 5.74) is 9.71. The highest BCUT2D eigenvalue weighted by Gasteiger charge is 2.33. The number of nitriles is 1. The molecule has 32 heavy (non-hydrogen) atoms. The van der Waals surface area contributed by atoms with Gasteiger partial charge < -0.3 is 15.5 Å². The number of nitrogens with two attached hydrogens (primary N) is 1. The molecule has 1 aliphatic heterocycles. The molecule has 2 N–H and O–H groups in total. The van der Waals surface area contributed by atoms with Crippen LogP contribution in [0.4, 0.5) is 15.8 Å². The molecule has 0 spiro atoms. The van der Waals surface area contributed by atoms with Gasteiger partial charge in [0.15, 0.2) is 0 Å². The minimum atomic E-state index is -0.480. The van der Waals surface area contributed by atoms with Gasteiger partial charge in [0.25, 0.3) is 5.91 Å². The molecule has 0 aliphatic carbocycles. The van der Waals surface area contributed by atoms with E-state index in [4.69, 9.17) is 17.3 Å². The lowest BCUT2D eigenvalue weighted by atomic mass is 9.98. The first kappa shape index (κ1) is 21.7. The van der Waals surface area contributed by atoms with Crippen LogP contribution < -0.4 is 10.6 Å². The fourth-order valence-electron chi connectivity index (χ4n) is 4.11. The molecule has 7 heteroatoms. The molecule has 1 saturated heterocycles. The summed E-state index contributed by atoms with van der Waals surface area (Å²) in [6.45, 7) is 3.30. The van der Waals surface area contributed by atoms with Crippen molar-refractivity contribution >= 4 is 28.9 Å². The zero-order chi connectivity index (χ0) is 22.8. The van der Waals surface area contributed by atoms with Crippen molar-refractivity contribution in [1.82, 2.24) is 4.90 Å². The summed E-state index contributed by atoms with van der Waals surface area (Å²) in [7, 11) is 0. The molecule has 3 aromatic rings. The Labute approximate surface area is 191 Å². The van der Waals surface area contributed by atoms with E-state index in [9.17, 15) is 14.4 Å². The molecule has 4 rings (SSSR count). The summed E-state index contributed by atoms with van der Waals surface area (Å²) in [6.07, 6.45) is 0. The third-order valence-electron chi connectivity index (χ3n) is 5.75. The van der Waals surface area contributed by atoms with Crippen molar-refractivity contribution in [2.24, 2.45) is 0 Å². The molecule has 1 aliphatic rings. The highest BCUT2D eigenvalue weighted by atomic mass is 35.5. The van der Waals surface area contributed by atoms with E-state index >= 15 is 0 Å². The fraction of sp³-hybridized carbons (Fsp3) is 0.200. The standard InChI is InChI=1S/C25H22ClFN4O/c1-16-2-9-23(18(12-16)14-28)31-11-10-30(15-24(31)17-3-5-19(26)6-4-17)25(32)21-8-7-20(27)13-22(21)29/h2-9,12-13,24H,10-11,15,29H2,1H3/t24-/m0/s1. The summed E-state index contributed by atoms with van der Waals surface area (Å²) in [5.74, 6) is -0.725. The number of nitrogen functional groups attached to an aromatic ring is 1. The maximum atomic E-state index is 13.5. The summed E-state index contributed by atoms with van der Waals surface area (Å²) >= 11 is 6.09. The van der Waals surface area contributed by atoms with Crippen molar-refractivity contribution in [1.29, 1.82) is 5.26 Å². The number of rotatable bonds is 3. The number of carbonyl (C=O) groups is 1. The van der Waals surface area contributed by atoms with Gasteiger partial charge in [-0.3, -0.25) is 4.79 Å². The van der Waals surface area contributed by atoms with Crippen LogP contribution in [0.5, 0.6) is 0 Å². The van der Waals surface area contributed by atoms with Crippen molar-refractivity contribution in [2.45, 2.75) is 13.0 Å². The predicted octanol–water partition coefficient (Wildman–Crippen LogP) is 4.95. The van der Waals surface area contributed by atoms with Gasteiger partial charge in [-0.05, 0) is 60.5 Å². The van der Waals surface area contributed by atoms with Gasteiger partial charge in [-0.2, -0.15) is 5.26 Å². The minimum Gasteiger partial charge on any atom is -0.398 e. The molecular weight excluding hydrogens is 427 g/mol. The van der Waals surface area contributed by atoms with Crippen LogP contribution in [0.15, 0.2) is 60.7 Å². The first-order chi connectivity index (χ1) is 15.4. The lowest BCUT2D eigenvalue weighted by molar-refractivity contribution is 0.0723. The van der Waals surface area contributed by atoms with E-state index in [1.807, 2.05) is 49.4 Å². The largest absolute Gasteiger partial charge is 0.398 e. The van der Waals surface area contributed by atoms with E-state index in [2.05, 4.69) is 11.0 Å². The molecule has 162 valence electrons. The van der Waals surface area contributed by atoms with E-state index < -0.39 is 5.82 Å². The number of carbonyl (C=O) groups excluding carboxylic acids is 1. The zero-order valence-corrected chi connectivity index (χ0v) is 18.3. The normalized spacial score (nSPS) is 16.0. The summed E-state index contributed by atoms with van der Waals surface area (Å²) < 4.78 is 13.5. The highest BCUT2D eigenvalue weighted by Crippen LogP contribution is 2.34. The number of anilines is 2. The molecule has 1 fully saturated rings. The van der Waals surface area contributed by atoms with E-state index in [0.29, 0.717) is 30.2 Å². The number of hydrogen-bond acceptors (Lipinski definition) is 4. The highest BCUT2D eigenvalue weighted by molar-refractivity contribution is 6.30. The monoisotopic (exact) mass is 448 g/mol. The Hall–Kier alpha value is -3.56. The fourth-order valence-corrected chi connectivity index (χ4v) is 4.24. The molecule has 0 radical (unpaired) electrons. The van der Waals surface area contributed by atoms with Crippen LogP contribution in [-0.4, -0.2) is 30.4 Å². The van der Waals surface area contributed by atoms with Crippen molar-refractivity contribution in [2.75, 3.05) is 30.3 Å². The molecular formula is C25H22ClFN4O. The van der Waals surface area contributed by atoms with Gasteiger partial charge in [0.2, 0.25) is 0 Å². The van der Waals surface area contributed by atoms with Gasteiger partial charge in [0, 0.05) is 30.3 Å². The predicted molar refractivity (Wildman–Crippen MR) is 124 cm³/mol. The Morgan fingerprint density at radius 3 is 2.56 bits per heavy atom. The Morgan fingerprint density at radius 2 is 1.88 bits per heavy atom.